The minimum Gasteiger partial charge on any atom is -0.504 e. The van der Waals surface area contributed by atoms with Gasteiger partial charge in [-0.05, 0) is 42.7 Å². The number of ether oxygens (including phenoxy) is 1. The van der Waals surface area contributed by atoms with Crippen molar-refractivity contribution < 1.29 is 14.6 Å². The van der Waals surface area contributed by atoms with Gasteiger partial charge in [0.15, 0.2) is 11.5 Å². The molecule has 4 heteroatoms. The number of aromatic hydroxyl groups is 1. The van der Waals surface area contributed by atoms with Crippen molar-refractivity contribution in [2.75, 3.05) is 13.2 Å². The van der Waals surface area contributed by atoms with Crippen molar-refractivity contribution in [1.29, 1.82) is 0 Å². The normalized spacial score (nSPS) is 14.1. The van der Waals surface area contributed by atoms with Gasteiger partial charge in [0.25, 0.3) is 0 Å². The molecule has 1 heterocycles. The van der Waals surface area contributed by atoms with Crippen molar-refractivity contribution in [3.05, 3.63) is 59.7 Å². The fourth-order valence-corrected chi connectivity index (χ4v) is 3.11. The first-order valence-electron chi connectivity index (χ1n) is 8.53. The van der Waals surface area contributed by atoms with E-state index in [4.69, 9.17) is 4.74 Å². The van der Waals surface area contributed by atoms with Crippen molar-refractivity contribution in [2.45, 2.75) is 26.8 Å². The van der Waals surface area contributed by atoms with Gasteiger partial charge < -0.3 is 14.7 Å². The molecule has 0 unspecified atom stereocenters. The van der Waals surface area contributed by atoms with Crippen molar-refractivity contribution in [2.24, 2.45) is 0 Å². The molecule has 2 aromatic carbocycles. The molecule has 1 N–H and O–H groups in total. The van der Waals surface area contributed by atoms with Gasteiger partial charge >= 0.3 is 0 Å². The zero-order valence-electron chi connectivity index (χ0n) is 14.7. The van der Waals surface area contributed by atoms with Gasteiger partial charge in [-0.3, -0.25) is 4.79 Å². The van der Waals surface area contributed by atoms with Crippen LogP contribution >= 0.6 is 0 Å². The van der Waals surface area contributed by atoms with Gasteiger partial charge in [0.05, 0.1) is 6.54 Å². The van der Waals surface area contributed by atoms with Crippen LogP contribution in [-0.2, 0) is 11.3 Å². The second-order valence-electron chi connectivity index (χ2n) is 6.24. The highest BCUT2D eigenvalue weighted by molar-refractivity contribution is 5.78. The summed E-state index contributed by atoms with van der Waals surface area (Å²) in [6, 6.07) is 11.8. The number of phenolic OH excluding ortho intramolecular Hbond substituents is 1. The fourth-order valence-electron chi connectivity index (χ4n) is 3.11. The fraction of sp³-hybridized carbons (Fsp3) is 0.286. The summed E-state index contributed by atoms with van der Waals surface area (Å²) in [5.74, 6) is 0.674. The molecule has 130 valence electrons. The molecule has 25 heavy (non-hydrogen) atoms. The largest absolute Gasteiger partial charge is 0.504 e. The number of hydrogen-bond acceptors (Lipinski definition) is 3. The van der Waals surface area contributed by atoms with Crippen LogP contribution in [0.1, 0.15) is 24.5 Å². The Kier molecular flexibility index (Phi) is 5.08. The third-order valence-corrected chi connectivity index (χ3v) is 4.45. The molecule has 2 aromatic rings. The predicted molar refractivity (Wildman–Crippen MR) is 98.6 cm³/mol. The van der Waals surface area contributed by atoms with E-state index < -0.39 is 0 Å². The highest BCUT2D eigenvalue weighted by atomic mass is 16.5. The number of allylic oxidation sites excluding steroid dienone is 1. The molecule has 0 saturated heterocycles. The monoisotopic (exact) mass is 337 g/mol. The van der Waals surface area contributed by atoms with Crippen LogP contribution in [0.5, 0.6) is 11.5 Å². The molecule has 0 bridgehead atoms. The van der Waals surface area contributed by atoms with Gasteiger partial charge in [-0.2, -0.15) is 0 Å². The Labute approximate surface area is 148 Å². The number of nitrogens with zero attached hydrogens (tertiary/aromatic N) is 1. The number of fused-ring (bicyclic) bond motifs is 1. The minimum atomic E-state index is 0.0651. The predicted octanol–water partition coefficient (Wildman–Crippen LogP) is 4.05. The Bertz CT molecular complexity index is 811. The Morgan fingerprint density at radius 3 is 2.88 bits per heavy atom. The quantitative estimate of drug-likeness (QED) is 0.860. The van der Waals surface area contributed by atoms with E-state index in [2.05, 4.69) is 0 Å². The van der Waals surface area contributed by atoms with Gasteiger partial charge in [-0.1, -0.05) is 36.4 Å². The first kappa shape index (κ1) is 17.1. The van der Waals surface area contributed by atoms with Crippen LogP contribution < -0.4 is 4.74 Å². The molecule has 0 spiro atoms. The van der Waals surface area contributed by atoms with E-state index in [9.17, 15) is 9.90 Å². The van der Waals surface area contributed by atoms with E-state index >= 15 is 0 Å². The van der Waals surface area contributed by atoms with Gasteiger partial charge in [0, 0.05) is 18.5 Å². The van der Waals surface area contributed by atoms with Crippen LogP contribution in [0.3, 0.4) is 0 Å². The molecular formula is C21H23NO3. The van der Waals surface area contributed by atoms with E-state index in [-0.39, 0.29) is 11.7 Å². The number of amides is 1. The summed E-state index contributed by atoms with van der Waals surface area (Å²) in [4.78, 5) is 14.2. The number of benzene rings is 2. The molecule has 0 fully saturated rings. The Morgan fingerprint density at radius 2 is 2.12 bits per heavy atom. The van der Waals surface area contributed by atoms with E-state index in [1.54, 1.807) is 11.0 Å². The summed E-state index contributed by atoms with van der Waals surface area (Å²) in [6.07, 6.45) is 4.12. The number of carbonyl (C=O) groups excluding carboxylic acids is 1. The van der Waals surface area contributed by atoms with E-state index in [1.807, 2.05) is 56.3 Å². The van der Waals surface area contributed by atoms with Crippen LogP contribution in [0.15, 0.2) is 48.6 Å². The maximum Gasteiger partial charge on any atom is 0.226 e. The molecular weight excluding hydrogens is 314 g/mol. The van der Waals surface area contributed by atoms with Crippen molar-refractivity contribution in [1.82, 2.24) is 4.90 Å². The summed E-state index contributed by atoms with van der Waals surface area (Å²) in [6.45, 7) is 5.29. The lowest BCUT2D eigenvalue weighted by atomic mass is 9.98. The highest BCUT2D eigenvalue weighted by Crippen LogP contribution is 2.38. The molecule has 0 aliphatic carbocycles. The number of rotatable bonds is 3. The third-order valence-electron chi connectivity index (χ3n) is 4.45. The van der Waals surface area contributed by atoms with Gasteiger partial charge in [0.1, 0.15) is 6.61 Å². The SMILES string of the molecule is C/C=C/CC(=O)N1CCOc2c(O)cc(-c3ccccc3C)cc2C1. The molecule has 0 radical (unpaired) electrons. The summed E-state index contributed by atoms with van der Waals surface area (Å²) in [5.41, 5.74) is 3.97. The maximum atomic E-state index is 12.4. The second-order valence-corrected chi connectivity index (χ2v) is 6.24. The lowest BCUT2D eigenvalue weighted by Crippen LogP contribution is -2.31. The first-order valence-corrected chi connectivity index (χ1v) is 8.53. The van der Waals surface area contributed by atoms with Crippen LogP contribution in [-0.4, -0.2) is 29.1 Å². The van der Waals surface area contributed by atoms with Gasteiger partial charge in [0.2, 0.25) is 5.91 Å². The maximum absolute atomic E-state index is 12.4. The van der Waals surface area contributed by atoms with Crippen LogP contribution in [0, 0.1) is 6.92 Å². The Balaban J connectivity index is 1.96. The lowest BCUT2D eigenvalue weighted by Gasteiger charge is -2.19. The number of carbonyl (C=O) groups is 1. The van der Waals surface area contributed by atoms with E-state index in [1.165, 1.54) is 0 Å². The smallest absolute Gasteiger partial charge is 0.226 e. The second kappa shape index (κ2) is 7.43. The summed E-state index contributed by atoms with van der Waals surface area (Å²) in [5, 5.41) is 10.4. The standard InChI is InChI=1S/C21H23NO3/c1-3-4-9-20(24)22-10-11-25-21-17(14-22)12-16(13-19(21)23)18-8-6-5-7-15(18)2/h3-8,12-13,23H,9-11,14H2,1-2H3/b4-3+. The average molecular weight is 337 g/mol. The third kappa shape index (κ3) is 3.68. The zero-order valence-corrected chi connectivity index (χ0v) is 14.7. The topological polar surface area (TPSA) is 49.8 Å². The zero-order chi connectivity index (χ0) is 17.8. The molecule has 0 saturated carbocycles. The van der Waals surface area contributed by atoms with E-state index in [0.717, 1.165) is 22.3 Å². The van der Waals surface area contributed by atoms with Gasteiger partial charge in [-0.25, -0.2) is 0 Å². The summed E-state index contributed by atoms with van der Waals surface area (Å²) in [7, 11) is 0. The number of aryl methyl sites for hydroxylation is 1. The molecule has 4 nitrogen and oxygen atoms in total. The highest BCUT2D eigenvalue weighted by Gasteiger charge is 2.22. The molecule has 1 aliphatic rings. The summed E-state index contributed by atoms with van der Waals surface area (Å²) >= 11 is 0. The van der Waals surface area contributed by atoms with Crippen molar-refractivity contribution >= 4 is 5.91 Å². The molecule has 1 amide bonds. The lowest BCUT2D eigenvalue weighted by molar-refractivity contribution is -0.131. The van der Waals surface area contributed by atoms with Crippen LogP contribution in [0.4, 0.5) is 0 Å². The Hall–Kier alpha value is -2.75. The Morgan fingerprint density at radius 1 is 1.32 bits per heavy atom. The van der Waals surface area contributed by atoms with Crippen molar-refractivity contribution in [3.8, 4) is 22.6 Å². The molecule has 0 aromatic heterocycles. The number of phenols is 1. The van der Waals surface area contributed by atoms with Gasteiger partial charge in [-0.15, -0.1) is 0 Å². The summed E-state index contributed by atoms with van der Waals surface area (Å²) < 4.78 is 5.72. The first-order chi connectivity index (χ1) is 12.1. The minimum absolute atomic E-state index is 0.0651. The van der Waals surface area contributed by atoms with E-state index in [0.29, 0.717) is 31.9 Å². The van der Waals surface area contributed by atoms with Crippen LogP contribution in [0.2, 0.25) is 0 Å². The number of hydrogen-bond donors (Lipinski definition) is 1. The molecule has 3 rings (SSSR count). The average Bonchev–Trinajstić information content (AvgIpc) is 2.83. The van der Waals surface area contributed by atoms with Crippen LogP contribution in [0.25, 0.3) is 11.1 Å². The van der Waals surface area contributed by atoms with Crippen molar-refractivity contribution in [3.63, 3.8) is 0 Å². The molecule has 1 aliphatic heterocycles. The molecule has 0 atom stereocenters.